The standard InChI is InChI=1S/C16H17BrN2S2/c1-3-10-19(11-13-8-9-15(17)21-13)16(20)18-14-7-5-4-6-12(14)2/h3-9H,1,10-11H2,2H3,(H,18,20). The van der Waals surface area contributed by atoms with E-state index in [1.165, 1.54) is 10.4 Å². The number of hydrogen-bond acceptors (Lipinski definition) is 2. The molecule has 0 saturated carbocycles. The summed E-state index contributed by atoms with van der Waals surface area (Å²) >= 11 is 10.8. The van der Waals surface area contributed by atoms with Gasteiger partial charge in [-0.3, -0.25) is 0 Å². The van der Waals surface area contributed by atoms with Gasteiger partial charge in [0.1, 0.15) is 0 Å². The molecule has 0 amide bonds. The third kappa shape index (κ3) is 4.66. The molecule has 0 aliphatic rings. The first-order chi connectivity index (χ1) is 10.1. The number of benzene rings is 1. The minimum Gasteiger partial charge on any atom is -0.340 e. The first-order valence-corrected chi connectivity index (χ1v) is 8.58. The van der Waals surface area contributed by atoms with Gasteiger partial charge in [-0.05, 0) is 58.8 Å². The number of thiophene rings is 1. The number of thiocarbonyl (C=S) groups is 1. The Balaban J connectivity index is 2.08. The van der Waals surface area contributed by atoms with Crippen molar-refractivity contribution in [2.75, 3.05) is 11.9 Å². The van der Waals surface area contributed by atoms with Crippen molar-refractivity contribution in [2.45, 2.75) is 13.5 Å². The number of nitrogens with zero attached hydrogens (tertiary/aromatic N) is 1. The second-order valence-corrected chi connectivity index (χ2v) is 7.55. The molecule has 2 aromatic rings. The van der Waals surface area contributed by atoms with E-state index in [0.717, 1.165) is 16.0 Å². The second-order valence-electron chi connectivity index (χ2n) is 4.62. The Labute approximate surface area is 143 Å². The van der Waals surface area contributed by atoms with E-state index in [-0.39, 0.29) is 0 Å². The van der Waals surface area contributed by atoms with E-state index < -0.39 is 0 Å². The Morgan fingerprint density at radius 1 is 1.38 bits per heavy atom. The van der Waals surface area contributed by atoms with Crippen LogP contribution in [0.1, 0.15) is 10.4 Å². The highest BCUT2D eigenvalue weighted by Crippen LogP contribution is 2.23. The Kier molecular flexibility index (Phi) is 5.96. The zero-order valence-corrected chi connectivity index (χ0v) is 15.0. The van der Waals surface area contributed by atoms with Gasteiger partial charge in [0, 0.05) is 17.1 Å². The Morgan fingerprint density at radius 3 is 2.76 bits per heavy atom. The molecule has 1 aromatic heterocycles. The van der Waals surface area contributed by atoms with Crippen LogP contribution in [-0.4, -0.2) is 16.6 Å². The number of rotatable bonds is 5. The third-order valence-corrected chi connectivity index (χ3v) is 4.97. The van der Waals surface area contributed by atoms with Crippen LogP contribution in [0.3, 0.4) is 0 Å². The van der Waals surface area contributed by atoms with Gasteiger partial charge >= 0.3 is 0 Å². The summed E-state index contributed by atoms with van der Waals surface area (Å²) in [6.45, 7) is 7.38. The molecule has 0 radical (unpaired) electrons. The molecule has 2 rings (SSSR count). The molecular weight excluding hydrogens is 364 g/mol. The number of aryl methyl sites for hydroxylation is 1. The SMILES string of the molecule is C=CCN(Cc1ccc(Br)s1)C(=S)Nc1ccccc1C. The van der Waals surface area contributed by atoms with Crippen molar-refractivity contribution >= 4 is 50.3 Å². The quantitative estimate of drug-likeness (QED) is 0.566. The normalized spacial score (nSPS) is 10.2. The zero-order valence-electron chi connectivity index (χ0n) is 11.8. The molecule has 110 valence electrons. The van der Waals surface area contributed by atoms with E-state index in [4.69, 9.17) is 12.2 Å². The lowest BCUT2D eigenvalue weighted by atomic mass is 10.2. The molecule has 1 N–H and O–H groups in total. The van der Waals surface area contributed by atoms with Crippen LogP contribution in [0.15, 0.2) is 52.8 Å². The predicted octanol–water partition coefficient (Wildman–Crippen LogP) is 5.20. The molecule has 21 heavy (non-hydrogen) atoms. The third-order valence-electron chi connectivity index (χ3n) is 3.00. The van der Waals surface area contributed by atoms with Crippen LogP contribution in [0.5, 0.6) is 0 Å². The largest absolute Gasteiger partial charge is 0.340 e. The minimum atomic E-state index is 0.716. The van der Waals surface area contributed by atoms with Gasteiger partial charge in [0.05, 0.1) is 10.3 Å². The van der Waals surface area contributed by atoms with Crippen molar-refractivity contribution in [1.29, 1.82) is 0 Å². The van der Waals surface area contributed by atoms with Crippen molar-refractivity contribution in [3.63, 3.8) is 0 Å². The highest BCUT2D eigenvalue weighted by atomic mass is 79.9. The highest BCUT2D eigenvalue weighted by molar-refractivity contribution is 9.11. The van der Waals surface area contributed by atoms with Crippen LogP contribution >= 0.6 is 39.5 Å². The number of para-hydroxylation sites is 1. The molecule has 1 aromatic carbocycles. The van der Waals surface area contributed by atoms with Crippen molar-refractivity contribution in [1.82, 2.24) is 4.90 Å². The molecule has 0 aliphatic heterocycles. The maximum atomic E-state index is 5.55. The van der Waals surface area contributed by atoms with Gasteiger partial charge in [-0.2, -0.15) is 0 Å². The van der Waals surface area contributed by atoms with Crippen molar-refractivity contribution in [3.8, 4) is 0 Å². The fraction of sp³-hybridized carbons (Fsp3) is 0.188. The molecule has 0 fully saturated rings. The van der Waals surface area contributed by atoms with Crippen LogP contribution < -0.4 is 5.32 Å². The molecule has 2 nitrogen and oxygen atoms in total. The van der Waals surface area contributed by atoms with Crippen molar-refractivity contribution < 1.29 is 0 Å². The average Bonchev–Trinajstić information content (AvgIpc) is 2.86. The molecule has 0 bridgehead atoms. The van der Waals surface area contributed by atoms with Crippen molar-refractivity contribution in [3.05, 3.63) is 63.3 Å². The van der Waals surface area contributed by atoms with E-state index in [1.807, 2.05) is 24.3 Å². The highest BCUT2D eigenvalue weighted by Gasteiger charge is 2.11. The first-order valence-electron chi connectivity index (χ1n) is 6.57. The van der Waals surface area contributed by atoms with Gasteiger partial charge in [0.25, 0.3) is 0 Å². The number of anilines is 1. The van der Waals surface area contributed by atoms with Crippen LogP contribution in [-0.2, 0) is 6.54 Å². The predicted molar refractivity (Wildman–Crippen MR) is 100 cm³/mol. The van der Waals surface area contributed by atoms with E-state index in [2.05, 4.69) is 57.8 Å². The maximum absolute atomic E-state index is 5.55. The maximum Gasteiger partial charge on any atom is 0.174 e. The molecule has 0 saturated heterocycles. The summed E-state index contributed by atoms with van der Waals surface area (Å²) in [6, 6.07) is 12.3. The van der Waals surface area contributed by atoms with Gasteiger partial charge in [-0.15, -0.1) is 17.9 Å². The number of hydrogen-bond donors (Lipinski definition) is 1. The molecule has 0 unspecified atom stereocenters. The average molecular weight is 381 g/mol. The summed E-state index contributed by atoms with van der Waals surface area (Å²) in [5.41, 5.74) is 2.22. The molecular formula is C16H17BrN2S2. The van der Waals surface area contributed by atoms with E-state index >= 15 is 0 Å². The van der Waals surface area contributed by atoms with E-state index in [1.54, 1.807) is 11.3 Å². The lowest BCUT2D eigenvalue weighted by molar-refractivity contribution is 0.468. The smallest absolute Gasteiger partial charge is 0.174 e. The molecule has 5 heteroatoms. The summed E-state index contributed by atoms with van der Waals surface area (Å²) in [5.74, 6) is 0. The first kappa shape index (κ1) is 16.2. The summed E-state index contributed by atoms with van der Waals surface area (Å²) in [7, 11) is 0. The van der Waals surface area contributed by atoms with E-state index in [0.29, 0.717) is 11.7 Å². The van der Waals surface area contributed by atoms with Gasteiger partial charge < -0.3 is 10.2 Å². The van der Waals surface area contributed by atoms with E-state index in [9.17, 15) is 0 Å². The monoisotopic (exact) mass is 380 g/mol. The topological polar surface area (TPSA) is 15.3 Å². The fourth-order valence-electron chi connectivity index (χ4n) is 1.91. The molecule has 1 heterocycles. The number of nitrogens with one attached hydrogen (secondary N) is 1. The molecule has 0 atom stereocenters. The minimum absolute atomic E-state index is 0.716. The van der Waals surface area contributed by atoms with Crippen LogP contribution in [0.2, 0.25) is 0 Å². The van der Waals surface area contributed by atoms with Crippen molar-refractivity contribution in [2.24, 2.45) is 0 Å². The van der Waals surface area contributed by atoms with Gasteiger partial charge in [0.15, 0.2) is 5.11 Å². The number of halogens is 1. The van der Waals surface area contributed by atoms with Crippen LogP contribution in [0.4, 0.5) is 5.69 Å². The fourth-order valence-corrected chi connectivity index (χ4v) is 3.66. The van der Waals surface area contributed by atoms with Gasteiger partial charge in [-0.1, -0.05) is 24.3 Å². The summed E-state index contributed by atoms with van der Waals surface area (Å²) in [5, 5.41) is 4.04. The van der Waals surface area contributed by atoms with Gasteiger partial charge in [0.2, 0.25) is 0 Å². The Morgan fingerprint density at radius 2 is 2.14 bits per heavy atom. The summed E-state index contributed by atoms with van der Waals surface area (Å²) < 4.78 is 1.13. The molecule has 0 spiro atoms. The van der Waals surface area contributed by atoms with Crippen LogP contribution in [0, 0.1) is 6.92 Å². The second kappa shape index (κ2) is 7.73. The Bertz CT molecular complexity index is 637. The molecule has 0 aliphatic carbocycles. The summed E-state index contributed by atoms with van der Waals surface area (Å²) in [6.07, 6.45) is 1.87. The van der Waals surface area contributed by atoms with Gasteiger partial charge in [-0.25, -0.2) is 0 Å². The summed E-state index contributed by atoms with van der Waals surface area (Å²) in [4.78, 5) is 3.37. The zero-order chi connectivity index (χ0) is 15.2. The Hall–Kier alpha value is -1.17. The lowest BCUT2D eigenvalue weighted by Gasteiger charge is -2.24. The lowest BCUT2D eigenvalue weighted by Crippen LogP contribution is -2.34. The van der Waals surface area contributed by atoms with Crippen LogP contribution in [0.25, 0.3) is 0 Å².